The Morgan fingerprint density at radius 1 is 1.46 bits per heavy atom. The first-order valence-electron chi connectivity index (χ1n) is 7.86. The van der Waals surface area contributed by atoms with E-state index in [2.05, 4.69) is 16.0 Å². The number of benzene rings is 1. The Morgan fingerprint density at radius 3 is 3.04 bits per heavy atom. The molecule has 1 N–H and O–H groups in total. The van der Waals surface area contributed by atoms with E-state index in [-0.39, 0.29) is 0 Å². The van der Waals surface area contributed by atoms with Crippen molar-refractivity contribution < 1.29 is 19.4 Å². The van der Waals surface area contributed by atoms with Gasteiger partial charge in [0.2, 0.25) is 0 Å². The molecule has 0 saturated carbocycles. The molecule has 126 valence electrons. The molecule has 1 aromatic carbocycles. The fourth-order valence-corrected chi connectivity index (χ4v) is 2.71. The van der Waals surface area contributed by atoms with E-state index in [1.165, 1.54) is 0 Å². The van der Waals surface area contributed by atoms with Gasteiger partial charge in [-0.2, -0.15) is 0 Å². The van der Waals surface area contributed by atoms with Crippen LogP contribution in [0.15, 0.2) is 42.7 Å². The van der Waals surface area contributed by atoms with Crippen LogP contribution in [-0.4, -0.2) is 46.8 Å². The van der Waals surface area contributed by atoms with Crippen molar-refractivity contribution in [3.63, 3.8) is 0 Å². The van der Waals surface area contributed by atoms with Gasteiger partial charge >= 0.3 is 5.97 Å². The molecule has 0 amide bonds. The molecule has 1 aliphatic rings. The largest absolute Gasteiger partial charge is 0.479 e. The van der Waals surface area contributed by atoms with Gasteiger partial charge in [0.15, 0.2) is 6.10 Å². The van der Waals surface area contributed by atoms with Crippen molar-refractivity contribution in [1.82, 2.24) is 9.88 Å². The predicted molar refractivity (Wildman–Crippen MR) is 88.1 cm³/mol. The first-order valence-corrected chi connectivity index (χ1v) is 7.86. The number of hydrogen-bond donors (Lipinski definition) is 1. The zero-order valence-electron chi connectivity index (χ0n) is 13.5. The lowest BCUT2D eigenvalue weighted by molar-refractivity contribution is -0.156. The van der Waals surface area contributed by atoms with Gasteiger partial charge in [-0.25, -0.2) is 4.79 Å². The molecule has 0 spiro atoms. The SMILES string of the molecule is Cc1cc(CN2CCOC(C(=O)O)C2)ccc1Oc1cccnc1. The summed E-state index contributed by atoms with van der Waals surface area (Å²) in [5, 5.41) is 9.07. The number of aromatic nitrogens is 1. The van der Waals surface area contributed by atoms with E-state index >= 15 is 0 Å². The molecule has 1 saturated heterocycles. The van der Waals surface area contributed by atoms with E-state index in [4.69, 9.17) is 14.6 Å². The quantitative estimate of drug-likeness (QED) is 0.909. The normalized spacial score (nSPS) is 18.3. The van der Waals surface area contributed by atoms with Gasteiger partial charge in [0.1, 0.15) is 11.5 Å². The molecule has 1 unspecified atom stereocenters. The Balaban J connectivity index is 1.65. The first kappa shape index (κ1) is 16.4. The lowest BCUT2D eigenvalue weighted by Gasteiger charge is -2.30. The van der Waals surface area contributed by atoms with Crippen LogP contribution in [-0.2, 0) is 16.1 Å². The molecule has 2 heterocycles. The Bertz CT molecular complexity index is 705. The Kier molecular flexibility index (Phi) is 5.08. The maximum absolute atomic E-state index is 11.1. The van der Waals surface area contributed by atoms with E-state index in [1.807, 2.05) is 31.2 Å². The van der Waals surface area contributed by atoms with Crippen LogP contribution in [0.1, 0.15) is 11.1 Å². The van der Waals surface area contributed by atoms with E-state index in [0.717, 1.165) is 23.4 Å². The number of pyridine rings is 1. The number of rotatable bonds is 5. The fourth-order valence-electron chi connectivity index (χ4n) is 2.71. The van der Waals surface area contributed by atoms with Gasteiger partial charge in [-0.3, -0.25) is 9.88 Å². The summed E-state index contributed by atoms with van der Waals surface area (Å²) in [5.41, 5.74) is 2.15. The number of aliphatic carboxylic acids is 1. The molecule has 2 aromatic rings. The molecule has 1 fully saturated rings. The molecule has 3 rings (SSSR count). The molecule has 1 aliphatic heterocycles. The molecule has 1 atom stereocenters. The van der Waals surface area contributed by atoms with Crippen molar-refractivity contribution in [2.45, 2.75) is 19.6 Å². The highest BCUT2D eigenvalue weighted by atomic mass is 16.5. The summed E-state index contributed by atoms with van der Waals surface area (Å²) in [6.07, 6.45) is 2.64. The Morgan fingerprint density at radius 2 is 2.33 bits per heavy atom. The van der Waals surface area contributed by atoms with Gasteiger partial charge in [0.05, 0.1) is 12.8 Å². The van der Waals surface area contributed by atoms with Crippen LogP contribution >= 0.6 is 0 Å². The van der Waals surface area contributed by atoms with Gasteiger partial charge < -0.3 is 14.6 Å². The summed E-state index contributed by atoms with van der Waals surface area (Å²) in [5.74, 6) is 0.582. The zero-order chi connectivity index (χ0) is 16.9. The molecule has 24 heavy (non-hydrogen) atoms. The molecule has 6 nitrogen and oxygen atoms in total. The highest BCUT2D eigenvalue weighted by molar-refractivity contribution is 5.72. The molecule has 0 radical (unpaired) electrons. The van der Waals surface area contributed by atoms with Crippen molar-refractivity contribution in [3.8, 4) is 11.5 Å². The highest BCUT2D eigenvalue weighted by Crippen LogP contribution is 2.25. The summed E-state index contributed by atoms with van der Waals surface area (Å²) in [6, 6.07) is 9.70. The van der Waals surface area contributed by atoms with Crippen LogP contribution in [0.4, 0.5) is 0 Å². The second-order valence-electron chi connectivity index (χ2n) is 5.82. The maximum atomic E-state index is 11.1. The van der Waals surface area contributed by atoms with Crippen molar-refractivity contribution in [2.24, 2.45) is 0 Å². The molecule has 6 heteroatoms. The zero-order valence-corrected chi connectivity index (χ0v) is 13.5. The molecular weight excluding hydrogens is 308 g/mol. The predicted octanol–water partition coefficient (Wildman–Crippen LogP) is 2.47. The topological polar surface area (TPSA) is 71.9 Å². The van der Waals surface area contributed by atoms with Crippen molar-refractivity contribution in [1.29, 1.82) is 0 Å². The number of carboxylic acid groups (broad SMARTS) is 1. The van der Waals surface area contributed by atoms with E-state index in [0.29, 0.717) is 25.4 Å². The standard InChI is InChI=1S/C18H20N2O4/c1-13-9-14(11-20-7-8-23-17(12-20)18(21)22)4-5-16(13)24-15-3-2-6-19-10-15/h2-6,9-10,17H,7-8,11-12H2,1H3,(H,21,22). The third-order valence-corrected chi connectivity index (χ3v) is 3.93. The number of morpholine rings is 1. The molecule has 0 aliphatic carbocycles. The van der Waals surface area contributed by atoms with Crippen molar-refractivity contribution in [3.05, 3.63) is 53.9 Å². The van der Waals surface area contributed by atoms with Crippen molar-refractivity contribution >= 4 is 5.97 Å². The van der Waals surface area contributed by atoms with E-state index in [9.17, 15) is 4.79 Å². The van der Waals surface area contributed by atoms with Crippen LogP contribution in [0, 0.1) is 6.92 Å². The minimum Gasteiger partial charge on any atom is -0.479 e. The van der Waals surface area contributed by atoms with Gasteiger partial charge in [-0.1, -0.05) is 12.1 Å². The minimum atomic E-state index is -0.906. The van der Waals surface area contributed by atoms with Crippen molar-refractivity contribution in [2.75, 3.05) is 19.7 Å². The van der Waals surface area contributed by atoms with Gasteiger partial charge in [-0.15, -0.1) is 0 Å². The van der Waals surface area contributed by atoms with Gasteiger partial charge in [-0.05, 0) is 36.2 Å². The van der Waals surface area contributed by atoms with Crippen LogP contribution < -0.4 is 4.74 Å². The number of carboxylic acids is 1. The highest BCUT2D eigenvalue weighted by Gasteiger charge is 2.26. The Labute approximate surface area is 140 Å². The summed E-state index contributed by atoms with van der Waals surface area (Å²) in [6.45, 7) is 4.27. The smallest absolute Gasteiger partial charge is 0.334 e. The van der Waals surface area contributed by atoms with E-state index in [1.54, 1.807) is 12.4 Å². The van der Waals surface area contributed by atoms with Crippen LogP contribution in [0.2, 0.25) is 0 Å². The Hall–Kier alpha value is -2.44. The van der Waals surface area contributed by atoms with E-state index < -0.39 is 12.1 Å². The third kappa shape index (κ3) is 4.10. The third-order valence-electron chi connectivity index (χ3n) is 3.93. The lowest BCUT2D eigenvalue weighted by atomic mass is 10.1. The summed E-state index contributed by atoms with van der Waals surface area (Å²) < 4.78 is 11.1. The van der Waals surface area contributed by atoms with Crippen LogP contribution in [0.5, 0.6) is 11.5 Å². The average molecular weight is 328 g/mol. The second-order valence-corrected chi connectivity index (χ2v) is 5.82. The average Bonchev–Trinajstić information content (AvgIpc) is 2.58. The van der Waals surface area contributed by atoms with Crippen LogP contribution in [0.25, 0.3) is 0 Å². The summed E-state index contributed by atoms with van der Waals surface area (Å²) >= 11 is 0. The maximum Gasteiger partial charge on any atom is 0.334 e. The first-order chi connectivity index (χ1) is 11.6. The number of ether oxygens (including phenoxy) is 2. The molecule has 1 aromatic heterocycles. The number of nitrogens with zero attached hydrogens (tertiary/aromatic N) is 2. The summed E-state index contributed by atoms with van der Waals surface area (Å²) in [4.78, 5) is 17.2. The molecule has 0 bridgehead atoms. The van der Waals surface area contributed by atoms with Gasteiger partial charge in [0, 0.05) is 25.8 Å². The lowest BCUT2D eigenvalue weighted by Crippen LogP contribution is -2.45. The second kappa shape index (κ2) is 7.42. The van der Waals surface area contributed by atoms with Crippen LogP contribution in [0.3, 0.4) is 0 Å². The number of aryl methyl sites for hydroxylation is 1. The monoisotopic (exact) mass is 328 g/mol. The minimum absolute atomic E-state index is 0.405. The number of carbonyl (C=O) groups is 1. The fraction of sp³-hybridized carbons (Fsp3) is 0.333. The summed E-state index contributed by atoms with van der Waals surface area (Å²) in [7, 11) is 0. The number of hydrogen-bond acceptors (Lipinski definition) is 5. The molecular formula is C18H20N2O4. The van der Waals surface area contributed by atoms with Gasteiger partial charge in [0.25, 0.3) is 0 Å².